The zero-order valence-corrected chi connectivity index (χ0v) is 11.3. The molecule has 0 amide bonds. The Morgan fingerprint density at radius 3 is 2.20 bits per heavy atom. The van der Waals surface area contributed by atoms with Gasteiger partial charge in [-0.1, -0.05) is 0 Å². The lowest BCUT2D eigenvalue weighted by atomic mass is 10.3. The number of halogens is 4. The summed E-state index contributed by atoms with van der Waals surface area (Å²) in [5, 5.41) is 2.83. The molecule has 0 aliphatic carbocycles. The van der Waals surface area contributed by atoms with Gasteiger partial charge in [0.2, 0.25) is 10.0 Å². The van der Waals surface area contributed by atoms with Crippen LogP contribution in [-0.2, 0) is 10.0 Å². The predicted octanol–water partition coefficient (Wildman–Crippen LogP) is 1.23. The molecular formula is C11H12F4N2O2S. The van der Waals surface area contributed by atoms with Crippen molar-refractivity contribution < 1.29 is 26.0 Å². The number of sulfonamides is 1. The topological polar surface area (TPSA) is 49.4 Å². The molecule has 0 spiro atoms. The number of benzene rings is 1. The first-order chi connectivity index (χ1) is 9.28. The van der Waals surface area contributed by atoms with E-state index in [9.17, 15) is 26.0 Å². The number of rotatable bonds is 3. The summed E-state index contributed by atoms with van der Waals surface area (Å²) in [6.07, 6.45) is 0.441. The van der Waals surface area contributed by atoms with Crippen LogP contribution in [0.5, 0.6) is 0 Å². The lowest BCUT2D eigenvalue weighted by Crippen LogP contribution is -2.34. The van der Waals surface area contributed by atoms with Gasteiger partial charge >= 0.3 is 0 Å². The Labute approximate surface area is 113 Å². The van der Waals surface area contributed by atoms with E-state index >= 15 is 0 Å². The lowest BCUT2D eigenvalue weighted by Gasteiger charge is -2.17. The molecule has 1 fully saturated rings. The van der Waals surface area contributed by atoms with Crippen molar-refractivity contribution in [3.63, 3.8) is 0 Å². The molecule has 0 saturated carbocycles. The highest BCUT2D eigenvalue weighted by Crippen LogP contribution is 2.28. The minimum absolute atomic E-state index is 0.0180. The van der Waals surface area contributed by atoms with Crippen molar-refractivity contribution in [2.24, 2.45) is 0 Å². The van der Waals surface area contributed by atoms with Crippen molar-refractivity contribution in [3.8, 4) is 0 Å². The summed E-state index contributed by atoms with van der Waals surface area (Å²) >= 11 is 0. The fourth-order valence-corrected chi connectivity index (χ4v) is 3.72. The van der Waals surface area contributed by atoms with E-state index in [1.54, 1.807) is 7.05 Å². The SMILES string of the molecule is CNC1CCN(S(=O)(=O)c2c(F)c(F)cc(F)c2F)C1. The molecule has 1 aromatic carbocycles. The Balaban J connectivity index is 2.51. The van der Waals surface area contributed by atoms with Crippen LogP contribution in [0.3, 0.4) is 0 Å². The number of hydrogen-bond donors (Lipinski definition) is 1. The van der Waals surface area contributed by atoms with Crippen molar-refractivity contribution in [3.05, 3.63) is 29.3 Å². The average molecular weight is 312 g/mol. The molecule has 1 saturated heterocycles. The van der Waals surface area contributed by atoms with Gasteiger partial charge in [-0.2, -0.15) is 4.31 Å². The summed E-state index contributed by atoms with van der Waals surface area (Å²) in [6, 6.07) is -0.196. The van der Waals surface area contributed by atoms with E-state index in [4.69, 9.17) is 0 Å². The van der Waals surface area contributed by atoms with E-state index in [2.05, 4.69) is 5.32 Å². The zero-order valence-electron chi connectivity index (χ0n) is 10.5. The molecular weight excluding hydrogens is 300 g/mol. The van der Waals surface area contributed by atoms with Crippen LogP contribution < -0.4 is 5.32 Å². The minimum atomic E-state index is -4.62. The maximum absolute atomic E-state index is 13.6. The second-order valence-corrected chi connectivity index (χ2v) is 6.31. The van der Waals surface area contributed by atoms with Crippen LogP contribution in [0.2, 0.25) is 0 Å². The summed E-state index contributed by atoms with van der Waals surface area (Å²) in [6.45, 7) is 0.000693. The van der Waals surface area contributed by atoms with E-state index in [-0.39, 0.29) is 25.2 Å². The Morgan fingerprint density at radius 1 is 1.20 bits per heavy atom. The molecule has 1 aliphatic rings. The second-order valence-electron chi connectivity index (χ2n) is 4.43. The third-order valence-electron chi connectivity index (χ3n) is 3.23. The lowest BCUT2D eigenvalue weighted by molar-refractivity contribution is 0.404. The average Bonchev–Trinajstić information content (AvgIpc) is 2.86. The van der Waals surface area contributed by atoms with Gasteiger partial charge in [0, 0.05) is 25.2 Å². The first kappa shape index (κ1) is 15.2. The van der Waals surface area contributed by atoms with Gasteiger partial charge in [0.15, 0.2) is 28.2 Å². The Hall–Kier alpha value is -1.19. The maximum atomic E-state index is 13.6. The Kier molecular flexibility index (Phi) is 4.03. The van der Waals surface area contributed by atoms with Crippen LogP contribution in [-0.4, -0.2) is 38.9 Å². The van der Waals surface area contributed by atoms with E-state index in [1.165, 1.54) is 0 Å². The fraction of sp³-hybridized carbons (Fsp3) is 0.455. The molecule has 2 rings (SSSR count). The van der Waals surface area contributed by atoms with Gasteiger partial charge in [-0.15, -0.1) is 0 Å². The highest BCUT2D eigenvalue weighted by molar-refractivity contribution is 7.89. The largest absolute Gasteiger partial charge is 0.316 e. The second kappa shape index (κ2) is 5.30. The minimum Gasteiger partial charge on any atom is -0.316 e. The van der Waals surface area contributed by atoms with E-state index in [0.29, 0.717) is 6.42 Å². The van der Waals surface area contributed by atoms with E-state index in [0.717, 1.165) is 4.31 Å². The van der Waals surface area contributed by atoms with Crippen LogP contribution in [0, 0.1) is 23.3 Å². The monoisotopic (exact) mass is 312 g/mol. The van der Waals surface area contributed by atoms with Gasteiger partial charge in [0.1, 0.15) is 0 Å². The molecule has 4 nitrogen and oxygen atoms in total. The normalized spacial score (nSPS) is 20.6. The highest BCUT2D eigenvalue weighted by atomic mass is 32.2. The van der Waals surface area contributed by atoms with E-state index < -0.39 is 38.2 Å². The van der Waals surface area contributed by atoms with Crippen LogP contribution in [0.1, 0.15) is 6.42 Å². The van der Waals surface area contributed by atoms with Gasteiger partial charge < -0.3 is 5.32 Å². The Morgan fingerprint density at radius 2 is 1.75 bits per heavy atom. The fourth-order valence-electron chi connectivity index (χ4n) is 2.09. The van der Waals surface area contributed by atoms with Crippen molar-refractivity contribution in [1.82, 2.24) is 9.62 Å². The third-order valence-corrected chi connectivity index (χ3v) is 5.11. The van der Waals surface area contributed by atoms with Crippen molar-refractivity contribution >= 4 is 10.0 Å². The molecule has 1 N–H and O–H groups in total. The first-order valence-electron chi connectivity index (χ1n) is 5.79. The molecule has 0 radical (unpaired) electrons. The molecule has 1 unspecified atom stereocenters. The molecule has 1 heterocycles. The van der Waals surface area contributed by atoms with Crippen molar-refractivity contribution in [2.75, 3.05) is 20.1 Å². The summed E-state index contributed by atoms with van der Waals surface area (Å²) in [7, 11) is -3.01. The molecule has 9 heteroatoms. The van der Waals surface area contributed by atoms with E-state index in [1.807, 2.05) is 0 Å². The molecule has 0 bridgehead atoms. The smallest absolute Gasteiger partial charge is 0.249 e. The Bertz CT molecular complexity index is 610. The molecule has 0 aromatic heterocycles. The third kappa shape index (κ3) is 2.40. The standard InChI is InChI=1S/C11H12F4N2O2S/c1-16-6-2-3-17(5-6)20(18,19)11-9(14)7(12)4-8(13)10(11)15/h4,6,16H,2-3,5H2,1H3. The van der Waals surface area contributed by atoms with Crippen molar-refractivity contribution in [1.29, 1.82) is 0 Å². The van der Waals surface area contributed by atoms with Gasteiger partial charge in [-0.25, -0.2) is 26.0 Å². The van der Waals surface area contributed by atoms with Gasteiger partial charge in [0.05, 0.1) is 0 Å². The summed E-state index contributed by atoms with van der Waals surface area (Å²) in [5.41, 5.74) is 0. The summed E-state index contributed by atoms with van der Waals surface area (Å²) in [4.78, 5) is -1.58. The molecule has 20 heavy (non-hydrogen) atoms. The first-order valence-corrected chi connectivity index (χ1v) is 7.23. The zero-order chi connectivity index (χ0) is 15.1. The quantitative estimate of drug-likeness (QED) is 0.674. The van der Waals surface area contributed by atoms with Crippen LogP contribution >= 0.6 is 0 Å². The molecule has 112 valence electrons. The number of hydrogen-bond acceptors (Lipinski definition) is 3. The molecule has 1 aromatic rings. The van der Waals surface area contributed by atoms with Crippen LogP contribution in [0.25, 0.3) is 0 Å². The van der Waals surface area contributed by atoms with Gasteiger partial charge in [-0.05, 0) is 13.5 Å². The van der Waals surface area contributed by atoms with Gasteiger partial charge in [-0.3, -0.25) is 0 Å². The summed E-state index contributed by atoms with van der Waals surface area (Å²) in [5.74, 6) is -7.30. The maximum Gasteiger partial charge on any atom is 0.249 e. The molecule has 1 atom stereocenters. The van der Waals surface area contributed by atoms with Crippen molar-refractivity contribution in [2.45, 2.75) is 17.4 Å². The van der Waals surface area contributed by atoms with Gasteiger partial charge in [0.25, 0.3) is 0 Å². The molecule has 1 aliphatic heterocycles. The summed E-state index contributed by atoms with van der Waals surface area (Å²) < 4.78 is 78.4. The number of likely N-dealkylation sites (N-methyl/N-ethyl adjacent to an activating group) is 1. The number of nitrogens with one attached hydrogen (secondary N) is 1. The highest BCUT2D eigenvalue weighted by Gasteiger charge is 2.37. The number of nitrogens with zero attached hydrogens (tertiary/aromatic N) is 1. The van der Waals surface area contributed by atoms with Crippen LogP contribution in [0.15, 0.2) is 11.0 Å². The predicted molar refractivity (Wildman–Crippen MR) is 62.5 cm³/mol. The van der Waals surface area contributed by atoms with Crippen LogP contribution in [0.4, 0.5) is 17.6 Å².